The van der Waals surface area contributed by atoms with Gasteiger partial charge in [-0.2, -0.15) is 0 Å². The van der Waals surface area contributed by atoms with Gasteiger partial charge in [0.15, 0.2) is 0 Å². The zero-order valence-electron chi connectivity index (χ0n) is 15.7. The Morgan fingerprint density at radius 1 is 1.18 bits per heavy atom. The highest BCUT2D eigenvalue weighted by atomic mass is 32.1. The Hall–Kier alpha value is -2.64. The van der Waals surface area contributed by atoms with Gasteiger partial charge in [-0.25, -0.2) is 0 Å². The maximum atomic E-state index is 11.2. The van der Waals surface area contributed by atoms with Crippen LogP contribution in [0.1, 0.15) is 16.8 Å². The Kier molecular flexibility index (Phi) is 5.73. The van der Waals surface area contributed by atoms with Crippen molar-refractivity contribution in [2.45, 2.75) is 6.42 Å². The topological polar surface area (TPSA) is 71.7 Å². The number of rotatable bonds is 7. The number of anilines is 1. The van der Waals surface area contributed by atoms with Crippen molar-refractivity contribution in [2.24, 2.45) is 5.73 Å². The van der Waals surface area contributed by atoms with E-state index in [4.69, 9.17) is 10.5 Å². The van der Waals surface area contributed by atoms with Gasteiger partial charge in [0.05, 0.1) is 18.4 Å². The maximum absolute atomic E-state index is 11.2. The van der Waals surface area contributed by atoms with Crippen LogP contribution in [0.15, 0.2) is 48.1 Å². The second-order valence-electron chi connectivity index (χ2n) is 6.91. The summed E-state index contributed by atoms with van der Waals surface area (Å²) < 4.78 is 7.07. The van der Waals surface area contributed by atoms with Crippen LogP contribution in [0.5, 0.6) is 5.75 Å². The fourth-order valence-electron chi connectivity index (χ4n) is 3.58. The predicted molar refractivity (Wildman–Crippen MR) is 113 cm³/mol. The normalized spacial score (nSPS) is 15.1. The third-order valence-corrected chi connectivity index (χ3v) is 5.95. The summed E-state index contributed by atoms with van der Waals surface area (Å²) in [6, 6.07) is 10.4. The van der Waals surface area contributed by atoms with E-state index in [2.05, 4.69) is 44.4 Å². The van der Waals surface area contributed by atoms with E-state index in [1.807, 2.05) is 0 Å². The van der Waals surface area contributed by atoms with E-state index in [1.54, 1.807) is 23.6 Å². The summed E-state index contributed by atoms with van der Waals surface area (Å²) in [4.78, 5) is 20.1. The van der Waals surface area contributed by atoms with Gasteiger partial charge in [-0.3, -0.25) is 14.7 Å². The third kappa shape index (κ3) is 4.26. The first-order chi connectivity index (χ1) is 13.7. The highest BCUT2D eigenvalue weighted by Gasteiger charge is 2.18. The lowest BCUT2D eigenvalue weighted by Crippen LogP contribution is -2.46. The number of hydrogen-bond donors (Lipinski definition) is 1. The molecule has 0 aliphatic carbocycles. The van der Waals surface area contributed by atoms with Gasteiger partial charge in [0.25, 0.3) is 0 Å². The molecule has 7 heteroatoms. The number of primary amides is 1. The number of amides is 1. The standard InChI is InChI=1S/C21H24N4O2S/c22-21(26)16-13-17(15-23-14-16)27-11-2-6-24-7-9-25(10-8-24)19-3-1-4-20-18(19)5-12-28-20/h1,3-5,12-15H,2,6-11H2,(H2,22,26). The van der Waals surface area contributed by atoms with E-state index in [1.165, 1.54) is 22.0 Å². The second-order valence-corrected chi connectivity index (χ2v) is 7.86. The first-order valence-electron chi connectivity index (χ1n) is 9.52. The Balaban J connectivity index is 1.22. The van der Waals surface area contributed by atoms with Crippen molar-refractivity contribution < 1.29 is 9.53 Å². The summed E-state index contributed by atoms with van der Waals surface area (Å²) in [6.45, 7) is 5.79. The van der Waals surface area contributed by atoms with Crippen molar-refractivity contribution in [1.82, 2.24) is 9.88 Å². The molecule has 2 N–H and O–H groups in total. The Morgan fingerprint density at radius 3 is 2.86 bits per heavy atom. The number of aromatic nitrogens is 1. The summed E-state index contributed by atoms with van der Waals surface area (Å²) in [5, 5.41) is 3.53. The number of thiophene rings is 1. The Morgan fingerprint density at radius 2 is 2.04 bits per heavy atom. The molecular weight excluding hydrogens is 372 g/mol. The molecule has 4 rings (SSSR count). The number of carbonyl (C=O) groups is 1. The van der Waals surface area contributed by atoms with Crippen molar-refractivity contribution in [1.29, 1.82) is 0 Å². The Labute approximate surface area is 168 Å². The molecule has 1 aromatic carbocycles. The maximum Gasteiger partial charge on any atom is 0.250 e. The number of carbonyl (C=O) groups excluding carboxylic acids is 1. The molecule has 0 spiro atoms. The molecule has 3 heterocycles. The third-order valence-electron chi connectivity index (χ3n) is 5.07. The molecule has 1 fully saturated rings. The van der Waals surface area contributed by atoms with E-state index in [0.29, 0.717) is 17.9 Å². The molecule has 0 atom stereocenters. The average Bonchev–Trinajstić information content (AvgIpc) is 3.21. The van der Waals surface area contributed by atoms with Gasteiger partial charge in [-0.05, 0) is 36.1 Å². The molecule has 3 aromatic rings. The number of ether oxygens (including phenoxy) is 1. The van der Waals surface area contributed by atoms with Gasteiger partial charge in [-0.1, -0.05) is 6.07 Å². The molecule has 2 aromatic heterocycles. The minimum Gasteiger partial charge on any atom is -0.492 e. The van der Waals surface area contributed by atoms with Crippen LogP contribution in [0, 0.1) is 0 Å². The van der Waals surface area contributed by atoms with Gasteiger partial charge in [0.2, 0.25) is 5.91 Å². The van der Waals surface area contributed by atoms with Crippen molar-refractivity contribution in [3.05, 3.63) is 53.7 Å². The first kappa shape index (κ1) is 18.7. The van der Waals surface area contributed by atoms with Crippen LogP contribution < -0.4 is 15.4 Å². The monoisotopic (exact) mass is 396 g/mol. The van der Waals surface area contributed by atoms with Crippen LogP contribution in [-0.4, -0.2) is 55.1 Å². The number of pyridine rings is 1. The molecule has 1 aliphatic heterocycles. The SMILES string of the molecule is NC(=O)c1cncc(OCCCN2CCN(c3cccc4sccc34)CC2)c1. The molecule has 0 bridgehead atoms. The molecule has 6 nitrogen and oxygen atoms in total. The van der Waals surface area contributed by atoms with Crippen LogP contribution in [0.4, 0.5) is 5.69 Å². The molecule has 1 aliphatic rings. The quantitative estimate of drug-likeness (QED) is 0.622. The smallest absolute Gasteiger partial charge is 0.250 e. The van der Waals surface area contributed by atoms with Gasteiger partial charge >= 0.3 is 0 Å². The van der Waals surface area contributed by atoms with Crippen LogP contribution in [-0.2, 0) is 0 Å². The molecular formula is C21H24N4O2S. The number of nitrogens with two attached hydrogens (primary N) is 1. The fourth-order valence-corrected chi connectivity index (χ4v) is 4.38. The number of hydrogen-bond acceptors (Lipinski definition) is 6. The molecule has 0 radical (unpaired) electrons. The van der Waals surface area contributed by atoms with Gasteiger partial charge in [0, 0.05) is 54.7 Å². The van der Waals surface area contributed by atoms with Crippen molar-refractivity contribution in [2.75, 3.05) is 44.2 Å². The van der Waals surface area contributed by atoms with Crippen LogP contribution in [0.25, 0.3) is 10.1 Å². The fraction of sp³-hybridized carbons (Fsp3) is 0.333. The number of benzene rings is 1. The van der Waals surface area contributed by atoms with Crippen molar-refractivity contribution >= 4 is 33.0 Å². The lowest BCUT2D eigenvalue weighted by atomic mass is 10.2. The van der Waals surface area contributed by atoms with E-state index in [9.17, 15) is 4.79 Å². The van der Waals surface area contributed by atoms with Crippen LogP contribution >= 0.6 is 11.3 Å². The summed E-state index contributed by atoms with van der Waals surface area (Å²) in [7, 11) is 0. The zero-order valence-corrected chi connectivity index (χ0v) is 16.5. The summed E-state index contributed by atoms with van der Waals surface area (Å²) in [6.07, 6.45) is 3.99. The van der Waals surface area contributed by atoms with E-state index in [-0.39, 0.29) is 0 Å². The lowest BCUT2D eigenvalue weighted by Gasteiger charge is -2.36. The highest BCUT2D eigenvalue weighted by molar-refractivity contribution is 7.17. The largest absolute Gasteiger partial charge is 0.492 e. The first-order valence-corrected chi connectivity index (χ1v) is 10.4. The number of nitrogens with zero attached hydrogens (tertiary/aromatic N) is 3. The van der Waals surface area contributed by atoms with Crippen LogP contribution in [0.3, 0.4) is 0 Å². The van der Waals surface area contributed by atoms with Gasteiger partial charge < -0.3 is 15.4 Å². The molecule has 1 saturated heterocycles. The predicted octanol–water partition coefficient (Wildman–Crippen LogP) is 2.99. The number of fused-ring (bicyclic) bond motifs is 1. The second kappa shape index (κ2) is 8.58. The van der Waals surface area contributed by atoms with Gasteiger partial charge in [-0.15, -0.1) is 11.3 Å². The average molecular weight is 397 g/mol. The minimum atomic E-state index is -0.492. The van der Waals surface area contributed by atoms with E-state index < -0.39 is 5.91 Å². The zero-order chi connectivity index (χ0) is 19.3. The summed E-state index contributed by atoms with van der Waals surface area (Å²) in [5.74, 6) is 0.0962. The molecule has 0 unspecified atom stereocenters. The molecule has 1 amide bonds. The summed E-state index contributed by atoms with van der Waals surface area (Å²) in [5.41, 5.74) is 6.99. The van der Waals surface area contributed by atoms with Crippen molar-refractivity contribution in [3.63, 3.8) is 0 Å². The van der Waals surface area contributed by atoms with Crippen molar-refractivity contribution in [3.8, 4) is 5.75 Å². The van der Waals surface area contributed by atoms with E-state index >= 15 is 0 Å². The summed E-state index contributed by atoms with van der Waals surface area (Å²) >= 11 is 1.80. The lowest BCUT2D eigenvalue weighted by molar-refractivity contribution is 0.0999. The van der Waals surface area contributed by atoms with Gasteiger partial charge in [0.1, 0.15) is 5.75 Å². The molecule has 0 saturated carbocycles. The van der Waals surface area contributed by atoms with Crippen LogP contribution in [0.2, 0.25) is 0 Å². The molecule has 146 valence electrons. The molecule has 28 heavy (non-hydrogen) atoms. The minimum absolute atomic E-state index is 0.370. The number of piperazine rings is 1. The Bertz CT molecular complexity index is 950. The highest BCUT2D eigenvalue weighted by Crippen LogP contribution is 2.31. The van der Waals surface area contributed by atoms with E-state index in [0.717, 1.165) is 39.1 Å².